The van der Waals surface area contributed by atoms with Gasteiger partial charge in [0.1, 0.15) is 0 Å². The molecule has 2 aliphatic carbocycles. The lowest BCUT2D eigenvalue weighted by Gasteiger charge is -2.24. The second-order valence-corrected chi connectivity index (χ2v) is 8.51. The van der Waals surface area contributed by atoms with Crippen LogP contribution in [0, 0.1) is 0 Å². The third kappa shape index (κ3) is 2.54. The Morgan fingerprint density at radius 2 is 1.87 bits per heavy atom. The van der Waals surface area contributed by atoms with E-state index in [-0.39, 0.29) is 22.7 Å². The predicted molar refractivity (Wildman–Crippen MR) is 105 cm³/mol. The van der Waals surface area contributed by atoms with Crippen LogP contribution in [0.15, 0.2) is 36.5 Å². The summed E-state index contributed by atoms with van der Waals surface area (Å²) in [6, 6.07) is 7.22. The van der Waals surface area contributed by atoms with E-state index in [1.165, 1.54) is 12.1 Å². The maximum absolute atomic E-state index is 13.5. The van der Waals surface area contributed by atoms with Crippen LogP contribution in [0.2, 0.25) is 0 Å². The lowest BCUT2D eigenvalue weighted by atomic mass is 9.87. The molecule has 7 heteroatoms. The molecule has 1 spiro atoms. The zero-order valence-electron chi connectivity index (χ0n) is 16.0. The van der Waals surface area contributed by atoms with E-state index in [1.807, 2.05) is 0 Å². The molecule has 152 valence electrons. The molecule has 0 unspecified atom stereocenters. The molecule has 3 heterocycles. The molecule has 3 aromatic rings. The topological polar surface area (TPSA) is 57.8 Å². The van der Waals surface area contributed by atoms with Gasteiger partial charge < -0.3 is 10.3 Å². The monoisotopic (exact) mass is 409 g/mol. The lowest BCUT2D eigenvalue weighted by Crippen LogP contribution is -2.43. The van der Waals surface area contributed by atoms with Gasteiger partial charge in [-0.1, -0.05) is 18.2 Å². The van der Waals surface area contributed by atoms with Crippen LogP contribution in [0.5, 0.6) is 0 Å². The summed E-state index contributed by atoms with van der Waals surface area (Å²) >= 11 is 0. The van der Waals surface area contributed by atoms with E-state index in [9.17, 15) is 18.0 Å². The van der Waals surface area contributed by atoms with Gasteiger partial charge in [0.2, 0.25) is 0 Å². The molecule has 30 heavy (non-hydrogen) atoms. The fraction of sp³-hybridized carbons (Fsp3) is 0.304. The van der Waals surface area contributed by atoms with Crippen LogP contribution in [0.1, 0.15) is 45.6 Å². The minimum atomic E-state index is -4.46. The Morgan fingerprint density at radius 1 is 1.07 bits per heavy atom. The van der Waals surface area contributed by atoms with E-state index < -0.39 is 11.7 Å². The fourth-order valence-corrected chi connectivity index (χ4v) is 4.90. The number of hydrogen-bond donors (Lipinski definition) is 2. The number of amides is 1. The number of halogens is 3. The molecule has 0 saturated heterocycles. The minimum Gasteiger partial charge on any atom is -0.357 e. The zero-order chi connectivity index (χ0) is 20.7. The molecule has 6 rings (SSSR count). The number of benzene rings is 1. The van der Waals surface area contributed by atoms with Crippen LogP contribution >= 0.6 is 0 Å². The number of rotatable bonds is 1. The quantitative estimate of drug-likeness (QED) is 0.613. The smallest absolute Gasteiger partial charge is 0.357 e. The van der Waals surface area contributed by atoms with E-state index in [4.69, 9.17) is 0 Å². The fourth-order valence-electron chi connectivity index (χ4n) is 4.90. The van der Waals surface area contributed by atoms with Crippen molar-refractivity contribution >= 4 is 5.91 Å². The molecule has 3 aliphatic rings. The maximum atomic E-state index is 13.5. The standard InChI is InChI=1S/C23H18F3N3O/c24-23(25,26)16-4-2-1-3-13(16)17-9-15-12(11-27-17)5-6-14-19-18(28-20(14)15)10-22(7-8-22)29-21(19)30/h1-4,9,11,28H,5-8,10H2,(H,29,30). The second-order valence-electron chi connectivity index (χ2n) is 8.51. The summed E-state index contributed by atoms with van der Waals surface area (Å²) in [6.07, 6.45) is 1.39. The molecular weight excluding hydrogens is 391 g/mol. The first kappa shape index (κ1) is 17.7. The normalized spacial score (nSPS) is 18.4. The van der Waals surface area contributed by atoms with Crippen LogP contribution in [0.3, 0.4) is 0 Å². The summed E-state index contributed by atoms with van der Waals surface area (Å²) < 4.78 is 40.5. The summed E-state index contributed by atoms with van der Waals surface area (Å²) in [7, 11) is 0. The van der Waals surface area contributed by atoms with Crippen molar-refractivity contribution in [3.05, 3.63) is 64.5 Å². The summed E-state index contributed by atoms with van der Waals surface area (Å²) in [5.74, 6) is -0.0357. The Hall–Kier alpha value is -3.09. The van der Waals surface area contributed by atoms with E-state index in [0.29, 0.717) is 6.42 Å². The van der Waals surface area contributed by atoms with Crippen LogP contribution in [-0.2, 0) is 25.4 Å². The number of carbonyl (C=O) groups is 1. The van der Waals surface area contributed by atoms with Gasteiger partial charge in [-0.3, -0.25) is 9.78 Å². The summed E-state index contributed by atoms with van der Waals surface area (Å²) in [5.41, 5.74) is 4.85. The Balaban J connectivity index is 1.50. The summed E-state index contributed by atoms with van der Waals surface area (Å²) in [4.78, 5) is 20.6. The number of hydrogen-bond acceptors (Lipinski definition) is 2. The van der Waals surface area contributed by atoms with Crippen molar-refractivity contribution in [1.82, 2.24) is 15.3 Å². The molecule has 0 radical (unpaired) electrons. The number of aromatic nitrogens is 2. The Bertz CT molecular complexity index is 1220. The molecule has 1 amide bonds. The van der Waals surface area contributed by atoms with Gasteiger partial charge >= 0.3 is 6.18 Å². The Kier molecular flexibility index (Phi) is 3.40. The molecule has 4 nitrogen and oxygen atoms in total. The molecule has 0 bridgehead atoms. The highest BCUT2D eigenvalue weighted by molar-refractivity contribution is 6.01. The van der Waals surface area contributed by atoms with Gasteiger partial charge in [0.15, 0.2) is 0 Å². The van der Waals surface area contributed by atoms with Gasteiger partial charge in [-0.05, 0) is 48.9 Å². The number of pyridine rings is 1. The van der Waals surface area contributed by atoms with Crippen molar-refractivity contribution in [3.8, 4) is 22.5 Å². The van der Waals surface area contributed by atoms with E-state index in [1.54, 1.807) is 18.3 Å². The highest BCUT2D eigenvalue weighted by atomic mass is 19.4. The number of alkyl halides is 3. The Labute approximate surface area is 170 Å². The average Bonchev–Trinajstić information content (AvgIpc) is 3.33. The van der Waals surface area contributed by atoms with Crippen LogP contribution < -0.4 is 5.32 Å². The Morgan fingerprint density at radius 3 is 2.63 bits per heavy atom. The van der Waals surface area contributed by atoms with Gasteiger partial charge in [-0.25, -0.2) is 0 Å². The van der Waals surface area contributed by atoms with E-state index >= 15 is 0 Å². The number of H-pyrrole nitrogens is 1. The second kappa shape index (κ2) is 5.74. The van der Waals surface area contributed by atoms with Crippen molar-refractivity contribution in [3.63, 3.8) is 0 Å². The first-order valence-electron chi connectivity index (χ1n) is 10.1. The third-order valence-electron chi connectivity index (χ3n) is 6.56. The van der Waals surface area contributed by atoms with Gasteiger partial charge in [0, 0.05) is 35.0 Å². The highest BCUT2D eigenvalue weighted by Crippen LogP contribution is 2.46. The van der Waals surface area contributed by atoms with Crippen molar-refractivity contribution in [2.45, 2.75) is 43.8 Å². The first-order valence-corrected chi connectivity index (χ1v) is 10.1. The summed E-state index contributed by atoms with van der Waals surface area (Å²) in [5, 5.41) is 3.15. The molecule has 1 saturated carbocycles. The maximum Gasteiger partial charge on any atom is 0.417 e. The number of nitrogens with zero attached hydrogens (tertiary/aromatic N) is 1. The van der Waals surface area contributed by atoms with Crippen molar-refractivity contribution in [2.24, 2.45) is 0 Å². The van der Waals surface area contributed by atoms with Gasteiger partial charge in [-0.15, -0.1) is 0 Å². The number of carbonyl (C=O) groups excluding carboxylic acids is 1. The van der Waals surface area contributed by atoms with Gasteiger partial charge in [0.25, 0.3) is 5.91 Å². The molecule has 1 fully saturated rings. The largest absolute Gasteiger partial charge is 0.417 e. The zero-order valence-corrected chi connectivity index (χ0v) is 16.0. The molecular formula is C23H18F3N3O. The van der Waals surface area contributed by atoms with Crippen molar-refractivity contribution in [1.29, 1.82) is 0 Å². The third-order valence-corrected chi connectivity index (χ3v) is 6.56. The highest BCUT2D eigenvalue weighted by Gasteiger charge is 2.49. The predicted octanol–water partition coefficient (Wildman–Crippen LogP) is 4.68. The molecule has 2 aromatic heterocycles. The first-order chi connectivity index (χ1) is 14.3. The van der Waals surface area contributed by atoms with E-state index in [0.717, 1.165) is 65.4 Å². The summed E-state index contributed by atoms with van der Waals surface area (Å²) in [6.45, 7) is 0. The van der Waals surface area contributed by atoms with Crippen LogP contribution in [0.25, 0.3) is 22.5 Å². The number of nitrogens with one attached hydrogen (secondary N) is 2. The minimum absolute atomic E-state index is 0.0357. The van der Waals surface area contributed by atoms with Crippen LogP contribution in [0.4, 0.5) is 13.2 Å². The lowest BCUT2D eigenvalue weighted by molar-refractivity contribution is -0.137. The van der Waals surface area contributed by atoms with E-state index in [2.05, 4.69) is 15.3 Å². The van der Waals surface area contributed by atoms with Crippen molar-refractivity contribution < 1.29 is 18.0 Å². The molecule has 1 aromatic carbocycles. The number of fused-ring (bicyclic) bond motifs is 5. The van der Waals surface area contributed by atoms with Crippen molar-refractivity contribution in [2.75, 3.05) is 0 Å². The SMILES string of the molecule is O=C1NC2(CC2)Cc2[nH]c3c(c21)CCc1cnc(-c2ccccc2C(F)(F)F)cc1-3. The molecule has 1 aliphatic heterocycles. The molecule has 2 N–H and O–H groups in total. The molecule has 0 atom stereocenters. The van der Waals surface area contributed by atoms with Crippen LogP contribution in [-0.4, -0.2) is 21.4 Å². The average molecular weight is 409 g/mol. The van der Waals surface area contributed by atoms with Gasteiger partial charge in [-0.2, -0.15) is 13.2 Å². The van der Waals surface area contributed by atoms with Gasteiger partial charge in [0.05, 0.1) is 22.5 Å². The number of aryl methyl sites for hydroxylation is 1. The number of aromatic amines is 1.